The third-order valence-corrected chi connectivity index (χ3v) is 16.0. The van der Waals surface area contributed by atoms with Crippen LogP contribution in [0.3, 0.4) is 0 Å². The molecule has 2 saturated heterocycles. The summed E-state index contributed by atoms with van der Waals surface area (Å²) >= 11 is 0. The number of nitrogens with zero attached hydrogens (tertiary/aromatic N) is 1. The third-order valence-electron chi connectivity index (χ3n) is 11.0. The Balaban J connectivity index is 1.26. The van der Waals surface area contributed by atoms with Gasteiger partial charge in [-0.05, 0) is 82.6 Å². The number of ether oxygens (including phenoxy) is 1. The minimum atomic E-state index is -2.88. The number of phenols is 1. The van der Waals surface area contributed by atoms with E-state index in [0.717, 1.165) is 29.6 Å². The molecule has 1 N–H and O–H groups in total. The molecule has 7 heteroatoms. The van der Waals surface area contributed by atoms with Crippen molar-refractivity contribution in [3.63, 3.8) is 0 Å². The number of aromatic hydroxyl groups is 1. The van der Waals surface area contributed by atoms with Crippen LogP contribution in [0.2, 0.25) is 5.04 Å². The molecule has 6 nitrogen and oxygen atoms in total. The number of rotatable bonds is 10. The van der Waals surface area contributed by atoms with Crippen LogP contribution < -0.4 is 15.3 Å². The van der Waals surface area contributed by atoms with Gasteiger partial charge in [0.1, 0.15) is 5.75 Å². The van der Waals surface area contributed by atoms with E-state index in [2.05, 4.69) is 82.3 Å². The maximum atomic E-state index is 14.2. The lowest BCUT2D eigenvalue weighted by Gasteiger charge is -2.44. The molecule has 2 heterocycles. The molecule has 0 saturated carbocycles. The molecule has 0 bridgehead atoms. The largest absolute Gasteiger partial charge is 0.508 e. The standard InChI is InChI=1S/C44H47NO5Si/c1-30(26-31-21-23-34(46)24-22-31)20-25-39-40-32(27-37-41(38(40)29-49-39)43(48)45(42(37)47)33-14-8-5-9-15-33)28-50-51(44(2,3)4,35-16-10-6-11-17-35)36-18-12-7-13-19-36/h5-19,21-24,26,37-39,41,46H,20,25,27-29H2,1-4H3/b30-26+/t37-,38+,39-,41-/m1/s1. The second-order valence-corrected chi connectivity index (χ2v) is 19.5. The summed E-state index contributed by atoms with van der Waals surface area (Å²) in [5.74, 6) is -1.10. The highest BCUT2D eigenvalue weighted by atomic mass is 28.4. The average Bonchev–Trinajstić information content (AvgIpc) is 3.67. The summed E-state index contributed by atoms with van der Waals surface area (Å²) in [6.45, 7) is 9.73. The number of hydrogen-bond acceptors (Lipinski definition) is 5. The quantitative estimate of drug-likeness (QED) is 0.105. The number of allylic oxidation sites excluding steroid dienone is 1. The molecular formula is C44H47NO5Si. The molecule has 0 spiro atoms. The molecule has 0 unspecified atom stereocenters. The zero-order chi connectivity index (χ0) is 35.8. The van der Waals surface area contributed by atoms with Crippen molar-refractivity contribution in [2.24, 2.45) is 17.8 Å². The highest BCUT2D eigenvalue weighted by Crippen LogP contribution is 2.51. The Morgan fingerprint density at radius 3 is 2.02 bits per heavy atom. The lowest BCUT2D eigenvalue weighted by atomic mass is 9.69. The summed E-state index contributed by atoms with van der Waals surface area (Å²) in [4.78, 5) is 29.8. The number of carbonyl (C=O) groups excluding carboxylic acids is 2. The number of carbonyl (C=O) groups is 2. The van der Waals surface area contributed by atoms with Gasteiger partial charge in [-0.25, -0.2) is 0 Å². The number of para-hydroxylation sites is 1. The molecule has 4 atom stereocenters. The molecule has 0 radical (unpaired) electrons. The molecule has 262 valence electrons. The van der Waals surface area contributed by atoms with Crippen LogP contribution in [0, 0.1) is 17.8 Å². The second kappa shape index (κ2) is 14.2. The second-order valence-electron chi connectivity index (χ2n) is 15.2. The van der Waals surface area contributed by atoms with Crippen LogP contribution >= 0.6 is 0 Å². The number of amides is 2. The van der Waals surface area contributed by atoms with Gasteiger partial charge in [0, 0.05) is 5.92 Å². The number of fused-ring (bicyclic) bond motifs is 3. The first-order valence-electron chi connectivity index (χ1n) is 18.1. The number of benzene rings is 4. The van der Waals surface area contributed by atoms with Crippen molar-refractivity contribution in [1.82, 2.24) is 0 Å². The van der Waals surface area contributed by atoms with Crippen LogP contribution in [0.25, 0.3) is 6.08 Å². The van der Waals surface area contributed by atoms with Gasteiger partial charge in [-0.1, -0.05) is 123 Å². The summed E-state index contributed by atoms with van der Waals surface area (Å²) in [6, 6.07) is 37.8. The van der Waals surface area contributed by atoms with Gasteiger partial charge in [-0.2, -0.15) is 0 Å². The minimum Gasteiger partial charge on any atom is -0.508 e. The molecule has 4 aromatic carbocycles. The molecule has 2 fully saturated rings. The number of phenolic OH excluding ortho intramolecular Hbond substituents is 1. The van der Waals surface area contributed by atoms with Crippen LogP contribution in [0.5, 0.6) is 5.75 Å². The summed E-state index contributed by atoms with van der Waals surface area (Å²) in [7, 11) is -2.88. The Morgan fingerprint density at radius 1 is 0.843 bits per heavy atom. The Kier molecular flexibility index (Phi) is 9.72. The minimum absolute atomic E-state index is 0.127. The Hall–Kier alpha value is -4.56. The first-order valence-corrected chi connectivity index (χ1v) is 20.0. The van der Waals surface area contributed by atoms with Crippen LogP contribution in [0.15, 0.2) is 132 Å². The molecule has 7 rings (SSSR count). The van der Waals surface area contributed by atoms with Crippen molar-refractivity contribution >= 4 is 42.3 Å². The van der Waals surface area contributed by atoms with Crippen molar-refractivity contribution in [1.29, 1.82) is 0 Å². The topological polar surface area (TPSA) is 76.1 Å². The molecule has 2 amide bonds. The fraction of sp³-hybridized carbons (Fsp3) is 0.318. The van der Waals surface area contributed by atoms with Gasteiger partial charge in [0.05, 0.1) is 36.8 Å². The highest BCUT2D eigenvalue weighted by Gasteiger charge is 2.58. The molecule has 2 aliphatic heterocycles. The third kappa shape index (κ3) is 6.55. The van der Waals surface area contributed by atoms with E-state index in [-0.39, 0.29) is 34.6 Å². The van der Waals surface area contributed by atoms with Crippen molar-refractivity contribution in [3.8, 4) is 5.75 Å². The van der Waals surface area contributed by atoms with E-state index in [1.807, 2.05) is 54.6 Å². The van der Waals surface area contributed by atoms with Gasteiger partial charge >= 0.3 is 0 Å². The summed E-state index contributed by atoms with van der Waals surface area (Å²) in [5, 5.41) is 11.9. The van der Waals surface area contributed by atoms with E-state index in [1.54, 1.807) is 12.1 Å². The van der Waals surface area contributed by atoms with E-state index < -0.39 is 20.2 Å². The zero-order valence-electron chi connectivity index (χ0n) is 29.9. The van der Waals surface area contributed by atoms with E-state index in [4.69, 9.17) is 9.16 Å². The van der Waals surface area contributed by atoms with Crippen molar-refractivity contribution < 1.29 is 23.9 Å². The average molecular weight is 698 g/mol. The van der Waals surface area contributed by atoms with E-state index >= 15 is 0 Å². The van der Waals surface area contributed by atoms with Crippen LogP contribution in [0.4, 0.5) is 5.69 Å². The van der Waals surface area contributed by atoms with Gasteiger partial charge in [0.25, 0.3) is 8.32 Å². The maximum Gasteiger partial charge on any atom is 0.261 e. The molecular weight excluding hydrogens is 651 g/mol. The SMILES string of the molecule is C/C(=C\c1ccc(O)cc1)CC[C@H]1OC[C@H]2C1=C(CO[Si](c1ccccc1)(c1ccccc1)C(C)(C)C)C[C@H]1C(=O)N(c3ccccc3)C(=O)[C@H]12. The summed E-state index contributed by atoms with van der Waals surface area (Å²) in [6.07, 6.45) is 4.01. The van der Waals surface area contributed by atoms with Crippen molar-refractivity contribution in [2.75, 3.05) is 18.1 Å². The number of imide groups is 1. The predicted octanol–water partition coefficient (Wildman–Crippen LogP) is 7.67. The molecule has 4 aromatic rings. The highest BCUT2D eigenvalue weighted by molar-refractivity contribution is 6.99. The van der Waals surface area contributed by atoms with E-state index in [9.17, 15) is 14.7 Å². The van der Waals surface area contributed by atoms with Gasteiger partial charge in [-0.15, -0.1) is 0 Å². The Bertz CT molecular complexity index is 1890. The van der Waals surface area contributed by atoms with Crippen LogP contribution in [-0.4, -0.2) is 44.6 Å². The Morgan fingerprint density at radius 2 is 1.43 bits per heavy atom. The van der Waals surface area contributed by atoms with Gasteiger partial charge in [0.15, 0.2) is 0 Å². The Labute approximate surface area is 302 Å². The molecule has 0 aromatic heterocycles. The van der Waals surface area contributed by atoms with Crippen LogP contribution in [0.1, 0.15) is 52.5 Å². The summed E-state index contributed by atoms with van der Waals surface area (Å²) < 4.78 is 14.1. The van der Waals surface area contributed by atoms with Crippen molar-refractivity contribution in [3.05, 3.63) is 138 Å². The molecule has 51 heavy (non-hydrogen) atoms. The lowest BCUT2D eigenvalue weighted by molar-refractivity contribution is -0.122. The normalized spacial score (nSPS) is 22.4. The summed E-state index contributed by atoms with van der Waals surface area (Å²) in [5.41, 5.74) is 5.12. The zero-order valence-corrected chi connectivity index (χ0v) is 30.9. The maximum absolute atomic E-state index is 14.2. The van der Waals surface area contributed by atoms with E-state index in [1.165, 1.54) is 20.8 Å². The number of hydrogen-bond donors (Lipinski definition) is 1. The molecule has 3 aliphatic rings. The first kappa shape index (κ1) is 34.9. The smallest absolute Gasteiger partial charge is 0.261 e. The van der Waals surface area contributed by atoms with Crippen LogP contribution in [-0.2, 0) is 18.8 Å². The van der Waals surface area contributed by atoms with Crippen molar-refractivity contribution in [2.45, 2.75) is 58.1 Å². The number of anilines is 1. The fourth-order valence-corrected chi connectivity index (χ4v) is 13.2. The lowest BCUT2D eigenvalue weighted by Crippen LogP contribution is -2.66. The molecule has 1 aliphatic carbocycles. The van der Waals surface area contributed by atoms with Gasteiger partial charge in [-0.3, -0.25) is 14.5 Å². The first-order chi connectivity index (χ1) is 24.6. The monoisotopic (exact) mass is 697 g/mol. The fourth-order valence-electron chi connectivity index (χ4n) is 8.68. The predicted molar refractivity (Wildman–Crippen MR) is 205 cm³/mol. The van der Waals surface area contributed by atoms with E-state index in [0.29, 0.717) is 25.3 Å². The van der Waals surface area contributed by atoms with Gasteiger partial charge in [0.2, 0.25) is 11.8 Å². The van der Waals surface area contributed by atoms with Gasteiger partial charge < -0.3 is 14.3 Å².